The Hall–Kier alpha value is -3.44. The molecule has 5 nitrogen and oxygen atoms in total. The van der Waals surface area contributed by atoms with Gasteiger partial charge < -0.3 is 14.6 Å². The third kappa shape index (κ3) is 3.84. The van der Waals surface area contributed by atoms with Crippen LogP contribution in [-0.2, 0) is 6.42 Å². The van der Waals surface area contributed by atoms with Crippen LogP contribution >= 0.6 is 0 Å². The molecular formula is C26H26N2O3. The molecule has 0 saturated carbocycles. The number of hydrogen-bond donors (Lipinski definition) is 2. The van der Waals surface area contributed by atoms with Gasteiger partial charge in [0.05, 0.1) is 17.0 Å². The molecule has 2 aromatic heterocycles. The smallest absolute Gasteiger partial charge is 0.336 e. The van der Waals surface area contributed by atoms with Crippen molar-refractivity contribution in [3.05, 3.63) is 94.4 Å². The van der Waals surface area contributed by atoms with Crippen LogP contribution in [0, 0.1) is 13.8 Å². The van der Waals surface area contributed by atoms with Crippen molar-refractivity contribution in [2.75, 3.05) is 0 Å². The number of aromatic nitrogens is 2. The molecule has 2 heterocycles. The molecule has 5 heteroatoms. The average molecular weight is 415 g/mol. The first kappa shape index (κ1) is 20.8. The molecule has 0 saturated heterocycles. The van der Waals surface area contributed by atoms with Crippen LogP contribution in [0.1, 0.15) is 57.9 Å². The van der Waals surface area contributed by atoms with Gasteiger partial charge in [0.15, 0.2) is 0 Å². The zero-order valence-corrected chi connectivity index (χ0v) is 18.0. The summed E-state index contributed by atoms with van der Waals surface area (Å²) >= 11 is 0. The van der Waals surface area contributed by atoms with E-state index in [-0.39, 0.29) is 5.56 Å². The third-order valence-corrected chi connectivity index (χ3v) is 5.67. The summed E-state index contributed by atoms with van der Waals surface area (Å²) in [5, 5.41) is 20.7. The van der Waals surface area contributed by atoms with Crippen molar-refractivity contribution >= 4 is 11.6 Å². The van der Waals surface area contributed by atoms with Crippen LogP contribution < -0.4 is 0 Å². The standard InChI is InChI=1S/C26H26N2O3/c1-4-7-20-15-28-23(16(2)14-17(3)25(28)27-20)24(29)19-12-10-18(11-13-19)21-8-5-6-9-22(21)26(30)31/h5-6,8-15,24,29H,4,7H2,1-3H3,(H,30,31). The maximum atomic E-state index is 11.5. The highest BCUT2D eigenvalue weighted by atomic mass is 16.4. The lowest BCUT2D eigenvalue weighted by molar-refractivity contribution is 0.0697. The minimum absolute atomic E-state index is 0.258. The van der Waals surface area contributed by atoms with E-state index >= 15 is 0 Å². The maximum absolute atomic E-state index is 11.5. The molecule has 0 bridgehead atoms. The zero-order chi connectivity index (χ0) is 22.1. The Morgan fingerprint density at radius 3 is 2.45 bits per heavy atom. The first-order chi connectivity index (χ1) is 14.9. The summed E-state index contributed by atoms with van der Waals surface area (Å²) in [5.74, 6) is -0.958. The number of carboxylic acids is 1. The first-order valence-electron chi connectivity index (χ1n) is 10.5. The molecule has 4 aromatic rings. The van der Waals surface area contributed by atoms with E-state index in [1.807, 2.05) is 54.8 Å². The summed E-state index contributed by atoms with van der Waals surface area (Å²) < 4.78 is 2.01. The van der Waals surface area contributed by atoms with Gasteiger partial charge in [-0.15, -0.1) is 0 Å². The number of aliphatic hydroxyl groups is 1. The number of rotatable bonds is 6. The molecule has 1 atom stereocenters. The van der Waals surface area contributed by atoms with Gasteiger partial charge in [-0.2, -0.15) is 0 Å². The largest absolute Gasteiger partial charge is 0.478 e. The fraction of sp³-hybridized carbons (Fsp3) is 0.231. The van der Waals surface area contributed by atoms with Crippen molar-refractivity contribution in [3.63, 3.8) is 0 Å². The molecule has 0 radical (unpaired) electrons. The molecule has 31 heavy (non-hydrogen) atoms. The van der Waals surface area contributed by atoms with Gasteiger partial charge in [0.2, 0.25) is 0 Å². The summed E-state index contributed by atoms with van der Waals surface area (Å²) in [4.78, 5) is 16.3. The minimum Gasteiger partial charge on any atom is -0.478 e. The van der Waals surface area contributed by atoms with E-state index < -0.39 is 12.1 Å². The highest BCUT2D eigenvalue weighted by Crippen LogP contribution is 2.30. The van der Waals surface area contributed by atoms with Crippen molar-refractivity contribution in [2.24, 2.45) is 0 Å². The number of benzene rings is 2. The number of carboxylic acid groups (broad SMARTS) is 1. The fourth-order valence-electron chi connectivity index (χ4n) is 4.19. The van der Waals surface area contributed by atoms with Gasteiger partial charge >= 0.3 is 5.97 Å². The average Bonchev–Trinajstić information content (AvgIpc) is 3.18. The van der Waals surface area contributed by atoms with Crippen molar-refractivity contribution in [1.82, 2.24) is 9.38 Å². The molecule has 4 rings (SSSR count). The van der Waals surface area contributed by atoms with Gasteiger partial charge in [0.25, 0.3) is 0 Å². The molecule has 158 valence electrons. The van der Waals surface area contributed by atoms with Crippen LogP contribution in [0.2, 0.25) is 0 Å². The van der Waals surface area contributed by atoms with Crippen molar-refractivity contribution in [1.29, 1.82) is 0 Å². The van der Waals surface area contributed by atoms with Crippen LogP contribution in [0.5, 0.6) is 0 Å². The first-order valence-corrected chi connectivity index (χ1v) is 10.5. The van der Waals surface area contributed by atoms with Crippen LogP contribution in [0.15, 0.2) is 60.8 Å². The SMILES string of the molecule is CCCc1cn2c(C(O)c3ccc(-c4ccccc4C(=O)O)cc3)c(C)cc(C)c2n1. The molecule has 0 aliphatic rings. The Morgan fingerprint density at radius 1 is 1.06 bits per heavy atom. The number of imidazole rings is 1. The Labute approximate surface area is 181 Å². The number of carbonyl (C=O) groups is 1. The lowest BCUT2D eigenvalue weighted by Gasteiger charge is -2.18. The number of hydrogen-bond acceptors (Lipinski definition) is 3. The summed E-state index contributed by atoms with van der Waals surface area (Å²) in [5.41, 5.74) is 7.23. The maximum Gasteiger partial charge on any atom is 0.336 e. The molecular weight excluding hydrogens is 388 g/mol. The van der Waals surface area contributed by atoms with E-state index in [4.69, 9.17) is 4.98 Å². The topological polar surface area (TPSA) is 74.8 Å². The lowest BCUT2D eigenvalue weighted by atomic mass is 9.96. The van der Waals surface area contributed by atoms with Gasteiger partial charge in [-0.25, -0.2) is 9.78 Å². The number of aryl methyl sites for hydroxylation is 3. The second kappa shape index (κ2) is 8.36. The molecule has 2 N–H and O–H groups in total. The molecule has 0 spiro atoms. The lowest BCUT2D eigenvalue weighted by Crippen LogP contribution is -2.09. The van der Waals surface area contributed by atoms with Crippen LogP contribution in [0.3, 0.4) is 0 Å². The molecule has 1 unspecified atom stereocenters. The van der Waals surface area contributed by atoms with E-state index in [1.54, 1.807) is 18.2 Å². The minimum atomic E-state index is -0.958. The van der Waals surface area contributed by atoms with E-state index in [2.05, 4.69) is 13.0 Å². The van der Waals surface area contributed by atoms with E-state index in [0.29, 0.717) is 5.56 Å². The number of aromatic carboxylic acids is 1. The second-order valence-electron chi connectivity index (χ2n) is 7.95. The van der Waals surface area contributed by atoms with Crippen LogP contribution in [0.25, 0.3) is 16.8 Å². The van der Waals surface area contributed by atoms with Gasteiger partial charge in [-0.3, -0.25) is 0 Å². The van der Waals surface area contributed by atoms with Gasteiger partial charge in [-0.05, 0) is 54.2 Å². The summed E-state index contributed by atoms with van der Waals surface area (Å²) in [6.07, 6.45) is 3.11. The molecule has 2 aromatic carbocycles. The van der Waals surface area contributed by atoms with E-state index in [1.165, 1.54) is 0 Å². The molecule has 0 aliphatic carbocycles. The fourth-order valence-corrected chi connectivity index (χ4v) is 4.19. The number of nitrogens with zero attached hydrogens (tertiary/aromatic N) is 2. The molecule has 0 aliphatic heterocycles. The van der Waals surface area contributed by atoms with Gasteiger partial charge in [-0.1, -0.05) is 61.9 Å². The highest BCUT2D eigenvalue weighted by molar-refractivity contribution is 5.96. The van der Waals surface area contributed by atoms with Gasteiger partial charge in [0.1, 0.15) is 11.8 Å². The molecule has 0 amide bonds. The van der Waals surface area contributed by atoms with Crippen LogP contribution in [-0.4, -0.2) is 25.6 Å². The predicted molar refractivity (Wildman–Crippen MR) is 122 cm³/mol. The summed E-state index contributed by atoms with van der Waals surface area (Å²) in [6, 6.07) is 16.4. The van der Waals surface area contributed by atoms with Gasteiger partial charge in [0, 0.05) is 6.20 Å². The number of aliphatic hydroxyl groups excluding tert-OH is 1. The Bertz CT molecular complexity index is 1260. The van der Waals surface area contributed by atoms with Crippen LogP contribution in [0.4, 0.5) is 0 Å². The van der Waals surface area contributed by atoms with E-state index in [9.17, 15) is 15.0 Å². The zero-order valence-electron chi connectivity index (χ0n) is 18.0. The molecule has 0 fully saturated rings. The highest BCUT2D eigenvalue weighted by Gasteiger charge is 2.20. The monoisotopic (exact) mass is 414 g/mol. The normalized spacial score (nSPS) is 12.3. The third-order valence-electron chi connectivity index (χ3n) is 5.67. The summed E-state index contributed by atoms with van der Waals surface area (Å²) in [7, 11) is 0. The van der Waals surface area contributed by atoms with Crippen molar-refractivity contribution in [3.8, 4) is 11.1 Å². The van der Waals surface area contributed by atoms with Crippen molar-refractivity contribution in [2.45, 2.75) is 39.7 Å². The predicted octanol–water partition coefficient (Wildman–Crippen LogP) is 5.35. The quantitative estimate of drug-likeness (QED) is 0.446. The van der Waals surface area contributed by atoms with Crippen molar-refractivity contribution < 1.29 is 15.0 Å². The number of pyridine rings is 1. The second-order valence-corrected chi connectivity index (χ2v) is 7.95. The Balaban J connectivity index is 1.75. The Kier molecular flexibility index (Phi) is 5.61. The number of fused-ring (bicyclic) bond motifs is 1. The van der Waals surface area contributed by atoms with E-state index in [0.717, 1.165) is 52.1 Å². The Morgan fingerprint density at radius 2 is 1.77 bits per heavy atom. The summed E-state index contributed by atoms with van der Waals surface area (Å²) in [6.45, 7) is 6.17.